The third-order valence-corrected chi connectivity index (χ3v) is 22.2. The maximum absolute atomic E-state index is 13.9. The zero-order chi connectivity index (χ0) is 63.4. The van der Waals surface area contributed by atoms with Gasteiger partial charge in [0.15, 0.2) is 0 Å². The van der Waals surface area contributed by atoms with E-state index in [9.17, 15) is 55.5 Å². The molecule has 3 aliphatic heterocycles. The molecule has 91 heavy (non-hydrogen) atoms. The summed E-state index contributed by atoms with van der Waals surface area (Å²) in [6, 6.07) is 17.6. The van der Waals surface area contributed by atoms with E-state index in [0.717, 1.165) is 9.75 Å². The normalized spacial score (nSPS) is 25.9. The Bertz CT molecular complexity index is 4120. The number of ether oxygens (including phenoxy) is 3. The first-order valence-electron chi connectivity index (χ1n) is 29.0. The molecule has 4 aromatic heterocycles. The molecular weight excluding hydrogens is 1260 g/mol. The fourth-order valence-corrected chi connectivity index (χ4v) is 15.5. The van der Waals surface area contributed by atoms with Gasteiger partial charge in [0, 0.05) is 24.7 Å². The third-order valence-electron chi connectivity index (χ3n) is 16.8. The van der Waals surface area contributed by atoms with Crippen LogP contribution in [0.5, 0.6) is 11.8 Å². The number of rotatable bonds is 21. The number of aromatic nitrogens is 4. The number of para-hydroxylation sites is 4. The van der Waals surface area contributed by atoms with E-state index in [2.05, 4.69) is 43.5 Å². The Morgan fingerprint density at radius 2 is 1.12 bits per heavy atom. The fraction of sp³-hybridized carbons (Fsp3) is 0.417. The van der Waals surface area contributed by atoms with Crippen molar-refractivity contribution in [3.63, 3.8) is 0 Å². The first-order chi connectivity index (χ1) is 43.1. The zero-order valence-electron chi connectivity index (χ0n) is 48.0. The molecule has 31 heteroatoms. The number of fused-ring (bicyclic) bond motifs is 2. The Labute approximate surface area is 530 Å². The summed E-state index contributed by atoms with van der Waals surface area (Å²) >= 11 is 2.92. The summed E-state index contributed by atoms with van der Waals surface area (Å²) in [6.07, 6.45) is 2.99. The van der Waals surface area contributed by atoms with Crippen molar-refractivity contribution in [3.05, 3.63) is 109 Å². The summed E-state index contributed by atoms with van der Waals surface area (Å²) in [5.74, 6) is -4.82. The molecule has 4 saturated carbocycles. The van der Waals surface area contributed by atoms with Crippen molar-refractivity contribution in [1.82, 2.24) is 55.1 Å². The zero-order valence-corrected chi connectivity index (χ0v) is 51.2. The van der Waals surface area contributed by atoms with Crippen LogP contribution in [0.3, 0.4) is 0 Å². The van der Waals surface area contributed by atoms with Crippen LogP contribution in [0.2, 0.25) is 0 Å². The van der Waals surface area contributed by atoms with Gasteiger partial charge in [0.05, 0.1) is 62.0 Å². The number of aliphatic hydroxyl groups is 1. The number of hydrogen-bond acceptors (Lipinski definition) is 22. The molecule has 8 N–H and O–H groups in total. The molecule has 0 radical (unpaired) electrons. The number of alkyl carbamates (subject to hydrolysis) is 1. The molecule has 480 valence electrons. The van der Waals surface area contributed by atoms with Crippen LogP contribution < -0.4 is 40.6 Å². The second kappa shape index (κ2) is 25.3. The lowest BCUT2D eigenvalue weighted by molar-refractivity contribution is -0.141. The van der Waals surface area contributed by atoms with Gasteiger partial charge in [0.25, 0.3) is 11.8 Å². The van der Waals surface area contributed by atoms with Crippen molar-refractivity contribution in [2.45, 2.75) is 117 Å². The minimum Gasteiger partial charge on any atom is -0.471 e. The van der Waals surface area contributed by atoms with E-state index in [1.807, 2.05) is 71.4 Å². The van der Waals surface area contributed by atoms with E-state index < -0.39 is 138 Å². The van der Waals surface area contributed by atoms with Gasteiger partial charge in [-0.3, -0.25) is 38.2 Å². The van der Waals surface area contributed by atoms with E-state index in [4.69, 9.17) is 34.9 Å². The molecule has 2 aromatic carbocycles. The highest BCUT2D eigenvalue weighted by Crippen LogP contribution is 2.47. The van der Waals surface area contributed by atoms with Crippen LogP contribution in [0, 0.1) is 11.8 Å². The Morgan fingerprint density at radius 3 is 1.49 bits per heavy atom. The summed E-state index contributed by atoms with van der Waals surface area (Å²) in [5.41, 5.74) is 6.37. The van der Waals surface area contributed by atoms with Crippen molar-refractivity contribution >= 4 is 106 Å². The van der Waals surface area contributed by atoms with Crippen LogP contribution in [0.1, 0.15) is 58.8 Å². The average molecular weight is 1320 g/mol. The summed E-state index contributed by atoms with van der Waals surface area (Å²) in [6.45, 7) is 6.50. The molecule has 0 unspecified atom stereocenters. The molecule has 7 amide bonds. The van der Waals surface area contributed by atoms with Crippen molar-refractivity contribution in [1.29, 1.82) is 0 Å². The Balaban J connectivity index is 0.000000185. The lowest BCUT2D eigenvalue weighted by Crippen LogP contribution is -2.58. The Morgan fingerprint density at radius 1 is 0.692 bits per heavy atom. The Kier molecular flexibility index (Phi) is 17.8. The van der Waals surface area contributed by atoms with Crippen LogP contribution >= 0.6 is 22.7 Å². The smallest absolute Gasteiger partial charge is 0.407 e. The van der Waals surface area contributed by atoms with E-state index in [1.165, 1.54) is 44.6 Å². The summed E-state index contributed by atoms with van der Waals surface area (Å²) < 4.78 is 71.9. The molecule has 4 aliphatic carbocycles. The second-order valence-electron chi connectivity index (χ2n) is 23.1. The summed E-state index contributed by atoms with van der Waals surface area (Å²) in [5, 5.41) is 20.0. The average Bonchev–Trinajstić information content (AvgIpc) is 1.59. The van der Waals surface area contributed by atoms with Crippen molar-refractivity contribution in [2.24, 2.45) is 17.6 Å². The van der Waals surface area contributed by atoms with Crippen LogP contribution in [0.15, 0.2) is 109 Å². The topological polar surface area (TPSA) is 380 Å². The minimum atomic E-state index is -3.87. The molecule has 27 nitrogen and oxygen atoms in total. The van der Waals surface area contributed by atoms with E-state index in [-0.39, 0.29) is 64.6 Å². The van der Waals surface area contributed by atoms with E-state index in [1.54, 1.807) is 12.1 Å². The Hall–Kier alpha value is -8.49. The van der Waals surface area contributed by atoms with Gasteiger partial charge in [0.1, 0.15) is 65.4 Å². The molecule has 6 aromatic rings. The second-order valence-corrected chi connectivity index (χ2v) is 28.9. The first kappa shape index (κ1) is 64.1. The highest BCUT2D eigenvalue weighted by Gasteiger charge is 2.63. The van der Waals surface area contributed by atoms with Gasteiger partial charge in [-0.05, 0) is 85.7 Å². The molecule has 10 atom stereocenters. The van der Waals surface area contributed by atoms with Crippen LogP contribution in [0.25, 0.3) is 43.2 Å². The van der Waals surface area contributed by atoms with Gasteiger partial charge in [-0.2, -0.15) is 0 Å². The van der Waals surface area contributed by atoms with Gasteiger partial charge in [0.2, 0.25) is 55.4 Å². The van der Waals surface area contributed by atoms with Crippen LogP contribution in [0.4, 0.5) is 4.79 Å². The lowest BCUT2D eigenvalue weighted by Gasteiger charge is -2.27. The van der Waals surface area contributed by atoms with Crippen LogP contribution in [-0.4, -0.2) is 177 Å². The van der Waals surface area contributed by atoms with Gasteiger partial charge < -0.3 is 50.8 Å². The SMILES string of the molecule is C.C=C[C@@H]1C[C@]1(NC(=O)[C@@H]1C[C@@H](Oc2nc3ccccc3nc2-c2cccs2)CN1C(=O)[C@@H](N)CO)C(=O)NS(=O)(=O)C1CC1.C=C[C@@H]1C[C@]1(NC(=O)[C@@H]1C[C@@H](Oc2nc3ccccc3nc2-c2cccs2)CN1C(=O)[C@@H]1COC(=O)N1)C(=O)NS(=O)(=O)C1CC1. The number of hydrogen-bond donors (Lipinski definition) is 7. The predicted octanol–water partition coefficient (Wildman–Crippen LogP) is 2.82. The molecule has 13 rings (SSSR count). The highest BCUT2D eigenvalue weighted by atomic mass is 32.2. The standard InChI is InChI=1S/C30H30N6O8S2.C29H32N6O7S2.CH4/c1-2-16-13-30(16,28(39)35-46(41,42)18-9-10-18)34-25(37)22-12-17(14-36(22)27(38)21-15-43-29(40)33-21)44-26-24(23-8-5-11-45-23)31-19-6-3-4-7-20(19)32-26;1-2-16-13-29(16,28(39)34-44(40,41)18-9-10-18)33-25(37)22-12-17(14-35(22)27(38)19(30)15-36)42-26-24(23-8-5-11-43-23)31-20-6-3-4-7-21(20)32-26;/h2-8,11,16-18,21-22H,1,9-10,12-15H2,(H,33,40)(H,34,37)(H,35,39);2-8,11,16-19,22,36H,1,9-10,12-15,30H2,(H,33,37)(H,34,39);1H4/t16-,17-,21+,22+,30-;16-,17-,19+,22+,29-;/m11./s1. The van der Waals surface area contributed by atoms with Crippen molar-refractivity contribution in [3.8, 4) is 32.9 Å². The number of sulfonamides is 2. The third kappa shape index (κ3) is 13.1. The van der Waals surface area contributed by atoms with Gasteiger partial charge >= 0.3 is 6.09 Å². The number of aliphatic hydroxyl groups excluding tert-OH is 1. The molecule has 7 fully saturated rings. The number of amides is 7. The number of carbonyl (C=O) groups excluding carboxylic acids is 7. The minimum absolute atomic E-state index is 0. The molecule has 7 heterocycles. The number of thiophene rings is 2. The molecule has 7 aliphatic rings. The van der Waals surface area contributed by atoms with Crippen molar-refractivity contribution < 1.29 is 69.7 Å². The van der Waals surface area contributed by atoms with Gasteiger partial charge in [-0.1, -0.05) is 56.0 Å². The monoisotopic (exact) mass is 1320 g/mol. The van der Waals surface area contributed by atoms with Crippen LogP contribution in [-0.2, 0) is 53.6 Å². The molecule has 0 spiro atoms. The number of benzene rings is 2. The molecule has 3 saturated heterocycles. The quantitative estimate of drug-likeness (QED) is 0.0509. The fourth-order valence-electron chi connectivity index (χ4n) is 11.4. The molecular formula is C60H66N12O15S4. The van der Waals surface area contributed by atoms with Gasteiger partial charge in [-0.15, -0.1) is 35.8 Å². The number of likely N-dealkylation sites (tertiary alicyclic amines) is 2. The summed E-state index contributed by atoms with van der Waals surface area (Å²) in [4.78, 5) is 116. The van der Waals surface area contributed by atoms with E-state index in [0.29, 0.717) is 59.1 Å². The largest absolute Gasteiger partial charge is 0.471 e. The number of nitrogens with one attached hydrogen (secondary N) is 5. The first-order valence-corrected chi connectivity index (χ1v) is 33.9. The van der Waals surface area contributed by atoms with E-state index >= 15 is 0 Å². The van der Waals surface area contributed by atoms with Crippen molar-refractivity contribution in [2.75, 3.05) is 26.3 Å². The summed E-state index contributed by atoms with van der Waals surface area (Å²) in [7, 11) is -7.74. The number of nitrogens with two attached hydrogens (primary N) is 1. The maximum atomic E-state index is 13.9. The predicted molar refractivity (Wildman–Crippen MR) is 333 cm³/mol. The lowest BCUT2D eigenvalue weighted by atomic mass is 10.1. The number of nitrogens with zero attached hydrogens (tertiary/aromatic N) is 6. The number of cyclic esters (lactones) is 1. The highest BCUT2D eigenvalue weighted by molar-refractivity contribution is 7.91. The van der Waals surface area contributed by atoms with Gasteiger partial charge in [-0.25, -0.2) is 41.6 Å². The maximum Gasteiger partial charge on any atom is 0.407 e. The molecule has 0 bridgehead atoms. The number of carbonyl (C=O) groups is 7.